The summed E-state index contributed by atoms with van der Waals surface area (Å²) in [5.41, 5.74) is 3.10. The van der Waals surface area contributed by atoms with E-state index in [-0.39, 0.29) is 19.4 Å². The molecule has 1 heterocycles. The molecule has 0 saturated heterocycles. The van der Waals surface area contributed by atoms with Gasteiger partial charge in [-0.3, -0.25) is 19.4 Å². The van der Waals surface area contributed by atoms with Crippen molar-refractivity contribution in [2.75, 3.05) is 23.8 Å². The Bertz CT molecular complexity index is 1250. The van der Waals surface area contributed by atoms with Crippen molar-refractivity contribution in [2.45, 2.75) is 19.1 Å². The van der Waals surface area contributed by atoms with E-state index in [0.29, 0.717) is 11.3 Å². The topological polar surface area (TPSA) is 141 Å². The van der Waals surface area contributed by atoms with Crippen LogP contribution in [0.1, 0.15) is 29.8 Å². The highest BCUT2D eigenvalue weighted by atomic mass is 16.3. The molecule has 0 unspecified atom stereocenters. The number of aliphatic hydroxyl groups is 2. The molecule has 36 heavy (non-hydrogen) atoms. The molecule has 5 N–H and O–H groups in total. The maximum atomic E-state index is 12.4. The quantitative estimate of drug-likeness (QED) is 0.289. The monoisotopic (exact) mass is 488 g/mol. The molecule has 2 atom stereocenters. The molecule has 0 aliphatic rings. The van der Waals surface area contributed by atoms with Gasteiger partial charge in [0.15, 0.2) is 5.78 Å². The van der Waals surface area contributed by atoms with Crippen LogP contribution >= 0.6 is 0 Å². The molecule has 3 rings (SSSR count). The van der Waals surface area contributed by atoms with Crippen molar-refractivity contribution < 1.29 is 26.0 Å². The summed E-state index contributed by atoms with van der Waals surface area (Å²) >= 11 is 0. The van der Waals surface area contributed by atoms with Gasteiger partial charge in [-0.05, 0) is 67.6 Å². The van der Waals surface area contributed by atoms with Gasteiger partial charge in [0.1, 0.15) is 12.6 Å². The van der Waals surface area contributed by atoms with E-state index in [9.17, 15) is 19.5 Å². The molecule has 0 aliphatic heterocycles. The number of nitrogens with one attached hydrogen (secondary N) is 3. The van der Waals surface area contributed by atoms with Gasteiger partial charge in [-0.2, -0.15) is 0 Å². The van der Waals surface area contributed by atoms with E-state index in [1.165, 1.54) is 6.92 Å². The van der Waals surface area contributed by atoms with Gasteiger partial charge >= 0.3 is 0 Å². The first-order valence-corrected chi connectivity index (χ1v) is 11.1. The van der Waals surface area contributed by atoms with E-state index in [1.54, 1.807) is 67.0 Å². The van der Waals surface area contributed by atoms with Gasteiger partial charge in [0.25, 0.3) is 5.91 Å². The number of aromatic nitrogens is 1. The normalized spacial score (nSPS) is 11.9. The highest BCUT2D eigenvalue weighted by Gasteiger charge is 2.25. The van der Waals surface area contributed by atoms with Gasteiger partial charge in [-0.25, -0.2) is 0 Å². The van der Waals surface area contributed by atoms with E-state index in [0.717, 1.165) is 11.3 Å². The highest BCUT2D eigenvalue weighted by Crippen LogP contribution is 2.10. The summed E-state index contributed by atoms with van der Waals surface area (Å²) in [6.07, 6.45) is 2.16. The maximum Gasteiger partial charge on any atom is 0.251 e. The number of hydrogen-bond donors (Lipinski definition) is 5. The molecule has 0 bridgehead atoms. The third kappa shape index (κ3) is 7.77. The van der Waals surface area contributed by atoms with Crippen LogP contribution in [0, 0.1) is 11.8 Å². The molecule has 0 aliphatic carbocycles. The van der Waals surface area contributed by atoms with Gasteiger partial charge in [0.2, 0.25) is 5.91 Å². The van der Waals surface area contributed by atoms with E-state index in [2.05, 4.69) is 32.8 Å². The number of nitrogens with zero attached hydrogens (tertiary/aromatic N) is 1. The Morgan fingerprint density at radius 3 is 2.17 bits per heavy atom. The van der Waals surface area contributed by atoms with Gasteiger partial charge in [-0.15, -0.1) is 0 Å². The zero-order valence-corrected chi connectivity index (χ0v) is 19.6. The lowest BCUT2D eigenvalue weighted by molar-refractivity contribution is -0.125. The third-order valence-electron chi connectivity index (χ3n) is 5.05. The standard InChI is InChI=1S/C27H26N4O5.H2/c1-18(33)26(24(34)17-32)31-27(36)21-10-6-19(7-11-21)4-5-20-8-12-22(13-9-20)30-25(35)16-29-23-3-2-14-28-15-23;/h2-3,6-15,18,26,29,32-33H,16-17H2,1H3,(H,30,35)(H,31,36);1H/t18-,26+;/m1./s1. The third-order valence-corrected chi connectivity index (χ3v) is 5.05. The minimum Gasteiger partial charge on any atom is -0.391 e. The van der Waals surface area contributed by atoms with Crippen LogP contribution in [0.4, 0.5) is 11.4 Å². The molecule has 186 valence electrons. The second-order valence-electron chi connectivity index (χ2n) is 7.86. The van der Waals surface area contributed by atoms with Crippen LogP contribution in [0.2, 0.25) is 0 Å². The zero-order valence-electron chi connectivity index (χ0n) is 19.6. The van der Waals surface area contributed by atoms with Crippen molar-refractivity contribution in [2.24, 2.45) is 0 Å². The molecule has 2 aromatic carbocycles. The molecule has 9 heteroatoms. The van der Waals surface area contributed by atoms with Gasteiger partial charge in [0, 0.05) is 36.2 Å². The molecule has 1 aromatic heterocycles. The first kappa shape index (κ1) is 26.1. The number of aliphatic hydroxyl groups excluding tert-OH is 2. The number of pyridine rings is 1. The fourth-order valence-corrected chi connectivity index (χ4v) is 3.13. The average molecular weight is 489 g/mol. The van der Waals surface area contributed by atoms with Crippen LogP contribution in [0.5, 0.6) is 0 Å². The Labute approximate surface area is 210 Å². The van der Waals surface area contributed by atoms with E-state index >= 15 is 0 Å². The Hall–Kier alpha value is -4.52. The fourth-order valence-electron chi connectivity index (χ4n) is 3.13. The second-order valence-corrected chi connectivity index (χ2v) is 7.86. The smallest absolute Gasteiger partial charge is 0.251 e. The summed E-state index contributed by atoms with van der Waals surface area (Å²) in [5, 5.41) is 26.9. The Balaban J connectivity index is 0.00000481. The second kappa shape index (κ2) is 12.8. The molecule has 0 saturated carbocycles. The van der Waals surface area contributed by atoms with Crippen LogP contribution in [-0.2, 0) is 9.59 Å². The zero-order chi connectivity index (χ0) is 25.9. The summed E-state index contributed by atoms with van der Waals surface area (Å²) in [5.74, 6) is 4.61. The number of ketones is 1. The number of benzene rings is 2. The average Bonchev–Trinajstić information content (AvgIpc) is 2.90. The van der Waals surface area contributed by atoms with E-state index < -0.39 is 30.4 Å². The highest BCUT2D eigenvalue weighted by molar-refractivity contribution is 5.98. The largest absolute Gasteiger partial charge is 0.391 e. The van der Waals surface area contributed by atoms with Crippen LogP contribution in [0.3, 0.4) is 0 Å². The van der Waals surface area contributed by atoms with E-state index in [4.69, 9.17) is 5.11 Å². The predicted octanol–water partition coefficient (Wildman–Crippen LogP) is 1.82. The molecule has 2 amide bonds. The molecule has 3 aromatic rings. The van der Waals surface area contributed by atoms with Crippen LogP contribution in [0.15, 0.2) is 73.1 Å². The minimum atomic E-state index is -1.19. The predicted molar refractivity (Wildman–Crippen MR) is 137 cm³/mol. The summed E-state index contributed by atoms with van der Waals surface area (Å²) in [7, 11) is 0. The number of rotatable bonds is 9. The van der Waals surface area contributed by atoms with Crippen molar-refractivity contribution in [3.8, 4) is 11.8 Å². The molecule has 9 nitrogen and oxygen atoms in total. The lowest BCUT2D eigenvalue weighted by Gasteiger charge is -2.19. The van der Waals surface area contributed by atoms with Crippen LogP contribution < -0.4 is 16.0 Å². The molecule has 0 fully saturated rings. The molecular weight excluding hydrogens is 460 g/mol. The van der Waals surface area contributed by atoms with Crippen molar-refractivity contribution in [1.82, 2.24) is 10.3 Å². The Kier molecular flexibility index (Phi) is 9.28. The molecule has 0 radical (unpaired) electrons. The van der Waals surface area contributed by atoms with Crippen molar-refractivity contribution >= 4 is 29.0 Å². The van der Waals surface area contributed by atoms with Gasteiger partial charge < -0.3 is 26.2 Å². The number of amides is 2. The summed E-state index contributed by atoms with van der Waals surface area (Å²) in [6, 6.07) is 15.9. The molecule has 0 spiro atoms. The van der Waals surface area contributed by atoms with Gasteiger partial charge in [-0.1, -0.05) is 11.8 Å². The minimum absolute atomic E-state index is 0. The Morgan fingerprint density at radius 2 is 1.61 bits per heavy atom. The van der Waals surface area contributed by atoms with E-state index in [1.807, 2.05) is 6.07 Å². The lowest BCUT2D eigenvalue weighted by Crippen LogP contribution is -2.48. The fraction of sp³-hybridized carbons (Fsp3) is 0.185. The van der Waals surface area contributed by atoms with Crippen LogP contribution in [-0.4, -0.2) is 58.1 Å². The number of hydrogen-bond acceptors (Lipinski definition) is 7. The summed E-state index contributed by atoms with van der Waals surface area (Å²) in [6.45, 7) is 0.693. The molecular formula is C27H28N4O5. The van der Waals surface area contributed by atoms with Crippen molar-refractivity contribution in [3.05, 3.63) is 89.7 Å². The van der Waals surface area contributed by atoms with Crippen molar-refractivity contribution in [3.63, 3.8) is 0 Å². The number of carbonyl (C=O) groups excluding carboxylic acids is 3. The first-order valence-electron chi connectivity index (χ1n) is 11.1. The number of Topliss-reactive ketones (excluding diaryl/α,β-unsaturated/α-hetero) is 1. The Morgan fingerprint density at radius 1 is 0.972 bits per heavy atom. The van der Waals surface area contributed by atoms with Crippen LogP contribution in [0.25, 0.3) is 0 Å². The lowest BCUT2D eigenvalue weighted by atomic mass is 10.1. The van der Waals surface area contributed by atoms with Gasteiger partial charge in [0.05, 0.1) is 18.3 Å². The first-order chi connectivity index (χ1) is 17.4. The number of anilines is 2. The maximum absolute atomic E-state index is 12.4. The SMILES string of the molecule is C[C@@H](O)[C@H](NC(=O)c1ccc(C#Cc2ccc(NC(=O)CNc3cccnc3)cc2)cc1)C(=O)CO.[HH]. The summed E-state index contributed by atoms with van der Waals surface area (Å²) in [4.78, 5) is 40.1. The number of carbonyl (C=O) groups is 3. The summed E-state index contributed by atoms with van der Waals surface area (Å²) < 4.78 is 0. The van der Waals surface area contributed by atoms with Crippen molar-refractivity contribution in [1.29, 1.82) is 0 Å².